The molecule has 126 valence electrons. The molecule has 0 saturated carbocycles. The molecule has 1 aliphatic heterocycles. The number of rotatable bonds is 7. The van der Waals surface area contributed by atoms with Crippen molar-refractivity contribution in [3.05, 3.63) is 68.7 Å². The predicted molar refractivity (Wildman–Crippen MR) is 107 cm³/mol. The third kappa shape index (κ3) is 5.18. The van der Waals surface area contributed by atoms with Crippen molar-refractivity contribution in [2.45, 2.75) is 6.42 Å². The summed E-state index contributed by atoms with van der Waals surface area (Å²) in [7, 11) is 0. The van der Waals surface area contributed by atoms with Crippen LogP contribution in [0.4, 0.5) is 0 Å². The van der Waals surface area contributed by atoms with Gasteiger partial charge in [0.15, 0.2) is 0 Å². The van der Waals surface area contributed by atoms with Gasteiger partial charge in [-0.1, -0.05) is 70.0 Å². The van der Waals surface area contributed by atoms with E-state index in [0.717, 1.165) is 53.6 Å². The van der Waals surface area contributed by atoms with Crippen molar-refractivity contribution < 1.29 is 0 Å². The van der Waals surface area contributed by atoms with E-state index >= 15 is 0 Å². The Kier molecular flexibility index (Phi) is 6.50. The highest BCUT2D eigenvalue weighted by Crippen LogP contribution is 2.23. The summed E-state index contributed by atoms with van der Waals surface area (Å²) in [5.74, 6) is 0.817. The van der Waals surface area contributed by atoms with Gasteiger partial charge in [0, 0.05) is 29.1 Å². The molecule has 2 N–H and O–H groups in total. The van der Waals surface area contributed by atoms with Crippen molar-refractivity contribution in [2.24, 2.45) is 5.92 Å². The predicted octanol–water partition coefficient (Wildman–Crippen LogP) is 4.62. The molecule has 2 aromatic rings. The Morgan fingerprint density at radius 1 is 1.17 bits per heavy atom. The highest BCUT2D eigenvalue weighted by molar-refractivity contribution is 9.10. The molecule has 0 spiro atoms. The monoisotopic (exact) mass is 404 g/mol. The first-order valence-corrected chi connectivity index (χ1v) is 9.51. The summed E-state index contributed by atoms with van der Waals surface area (Å²) < 4.78 is 1.01. The zero-order valence-electron chi connectivity index (χ0n) is 13.6. The zero-order chi connectivity index (χ0) is 16.8. The fraction of sp³-hybridized carbons (Fsp3) is 0.300. The number of nitrogens with one attached hydrogen (secondary N) is 2. The highest BCUT2D eigenvalue weighted by atomic mass is 79.9. The largest absolute Gasteiger partial charge is 0.316 e. The van der Waals surface area contributed by atoms with Gasteiger partial charge in [0.1, 0.15) is 0 Å². The summed E-state index contributed by atoms with van der Waals surface area (Å²) in [6.07, 6.45) is 5.32. The van der Waals surface area contributed by atoms with Crippen LogP contribution in [0.15, 0.2) is 46.9 Å². The number of hydrogen-bond acceptors (Lipinski definition) is 2. The lowest BCUT2D eigenvalue weighted by atomic mass is 10.0. The number of halogens is 2. The molecular weight excluding hydrogens is 384 g/mol. The van der Waals surface area contributed by atoms with Crippen LogP contribution >= 0.6 is 27.5 Å². The van der Waals surface area contributed by atoms with Gasteiger partial charge in [-0.2, -0.15) is 0 Å². The van der Waals surface area contributed by atoms with Gasteiger partial charge in [0.2, 0.25) is 0 Å². The van der Waals surface area contributed by atoms with Crippen LogP contribution in [-0.2, 0) is 6.42 Å². The molecule has 1 saturated heterocycles. The lowest BCUT2D eigenvalue weighted by Gasteiger charge is -2.27. The molecule has 0 aromatic heterocycles. The van der Waals surface area contributed by atoms with E-state index in [9.17, 15) is 0 Å². The Morgan fingerprint density at radius 3 is 2.79 bits per heavy atom. The molecule has 0 amide bonds. The minimum absolute atomic E-state index is 0.742. The molecule has 2 aromatic carbocycles. The quantitative estimate of drug-likeness (QED) is 0.518. The van der Waals surface area contributed by atoms with E-state index in [1.54, 1.807) is 0 Å². The van der Waals surface area contributed by atoms with E-state index in [2.05, 4.69) is 63.0 Å². The molecule has 4 heteroatoms. The lowest BCUT2D eigenvalue weighted by Crippen LogP contribution is -2.47. The maximum atomic E-state index is 5.98. The van der Waals surface area contributed by atoms with Crippen LogP contribution in [0.3, 0.4) is 0 Å². The molecule has 1 heterocycles. The van der Waals surface area contributed by atoms with Crippen LogP contribution in [0.5, 0.6) is 0 Å². The van der Waals surface area contributed by atoms with Crippen molar-refractivity contribution >= 4 is 39.7 Å². The van der Waals surface area contributed by atoms with Crippen LogP contribution in [0.2, 0.25) is 5.02 Å². The highest BCUT2D eigenvalue weighted by Gasteiger charge is 2.15. The Bertz CT molecular complexity index is 711. The summed E-state index contributed by atoms with van der Waals surface area (Å²) >= 11 is 9.54. The van der Waals surface area contributed by atoms with E-state index < -0.39 is 0 Å². The summed E-state index contributed by atoms with van der Waals surface area (Å²) in [5.41, 5.74) is 3.71. The Hall–Kier alpha value is -1.13. The van der Waals surface area contributed by atoms with Gasteiger partial charge >= 0.3 is 0 Å². The van der Waals surface area contributed by atoms with Crippen molar-refractivity contribution in [3.8, 4) is 0 Å². The lowest BCUT2D eigenvalue weighted by molar-refractivity contribution is 0.333. The molecule has 0 unspecified atom stereocenters. The number of benzene rings is 2. The van der Waals surface area contributed by atoms with E-state index in [4.69, 9.17) is 11.6 Å². The van der Waals surface area contributed by atoms with E-state index in [1.165, 1.54) is 11.1 Å². The topological polar surface area (TPSA) is 24.1 Å². The van der Waals surface area contributed by atoms with E-state index in [-0.39, 0.29) is 0 Å². The number of hydrogen-bond donors (Lipinski definition) is 2. The fourth-order valence-electron chi connectivity index (χ4n) is 2.71. The van der Waals surface area contributed by atoms with Gasteiger partial charge in [-0.15, -0.1) is 0 Å². The normalized spacial score (nSPS) is 14.9. The third-order valence-electron chi connectivity index (χ3n) is 4.26. The molecule has 24 heavy (non-hydrogen) atoms. The standard InChI is InChI=1S/C20H22BrClN2/c21-20-11-19(22)7-6-18(20)5-4-15-2-1-3-16(10-15)8-9-23-12-17-13-24-14-17/h1-7,10-11,17,23-24H,8-9,12-14H2/b5-4+. The van der Waals surface area contributed by atoms with Crippen molar-refractivity contribution in [1.29, 1.82) is 0 Å². The van der Waals surface area contributed by atoms with Crippen molar-refractivity contribution in [1.82, 2.24) is 10.6 Å². The van der Waals surface area contributed by atoms with Gasteiger partial charge in [0.05, 0.1) is 0 Å². The molecule has 1 aliphatic rings. The van der Waals surface area contributed by atoms with Gasteiger partial charge in [-0.25, -0.2) is 0 Å². The van der Waals surface area contributed by atoms with Gasteiger partial charge in [-0.3, -0.25) is 0 Å². The summed E-state index contributed by atoms with van der Waals surface area (Å²) in [6.45, 7) is 4.48. The SMILES string of the molecule is Clc1ccc(/C=C/c2cccc(CCNCC3CNC3)c2)c(Br)c1. The minimum atomic E-state index is 0.742. The van der Waals surface area contributed by atoms with Gasteiger partial charge < -0.3 is 10.6 Å². The van der Waals surface area contributed by atoms with Crippen LogP contribution in [0.1, 0.15) is 16.7 Å². The maximum Gasteiger partial charge on any atom is 0.0417 e. The first kappa shape index (κ1) is 17.7. The zero-order valence-corrected chi connectivity index (χ0v) is 15.9. The van der Waals surface area contributed by atoms with E-state index in [1.807, 2.05) is 18.2 Å². The van der Waals surface area contributed by atoms with Crippen molar-refractivity contribution in [3.63, 3.8) is 0 Å². The smallest absolute Gasteiger partial charge is 0.0417 e. The molecule has 1 fully saturated rings. The van der Waals surface area contributed by atoms with Gasteiger partial charge in [0.25, 0.3) is 0 Å². The molecular formula is C20H22BrClN2. The molecule has 0 radical (unpaired) electrons. The second kappa shape index (κ2) is 8.82. The maximum absolute atomic E-state index is 5.98. The molecule has 0 bridgehead atoms. The third-order valence-corrected chi connectivity index (χ3v) is 5.18. The second-order valence-corrected chi connectivity index (χ2v) is 7.51. The molecule has 2 nitrogen and oxygen atoms in total. The first-order chi connectivity index (χ1) is 11.7. The summed E-state index contributed by atoms with van der Waals surface area (Å²) in [6, 6.07) is 14.6. The minimum Gasteiger partial charge on any atom is -0.316 e. The second-order valence-electron chi connectivity index (χ2n) is 6.22. The van der Waals surface area contributed by atoms with E-state index in [0.29, 0.717) is 0 Å². The first-order valence-electron chi connectivity index (χ1n) is 8.34. The fourth-order valence-corrected chi connectivity index (χ4v) is 3.52. The van der Waals surface area contributed by atoms with Crippen LogP contribution in [-0.4, -0.2) is 26.2 Å². The summed E-state index contributed by atoms with van der Waals surface area (Å²) in [4.78, 5) is 0. The van der Waals surface area contributed by atoms with Crippen LogP contribution in [0.25, 0.3) is 12.2 Å². The van der Waals surface area contributed by atoms with Crippen molar-refractivity contribution in [2.75, 3.05) is 26.2 Å². The van der Waals surface area contributed by atoms with Crippen LogP contribution < -0.4 is 10.6 Å². The molecule has 0 atom stereocenters. The summed E-state index contributed by atoms with van der Waals surface area (Å²) in [5, 5.41) is 7.59. The molecule has 3 rings (SSSR count). The average molecular weight is 406 g/mol. The van der Waals surface area contributed by atoms with Gasteiger partial charge in [-0.05, 0) is 47.7 Å². The average Bonchev–Trinajstić information content (AvgIpc) is 2.52. The Balaban J connectivity index is 1.54. The Morgan fingerprint density at radius 2 is 2.04 bits per heavy atom. The van der Waals surface area contributed by atoms with Crippen LogP contribution in [0, 0.1) is 5.92 Å². The molecule has 0 aliphatic carbocycles. The Labute approximate surface area is 157 Å².